The number of aliphatic carboxylic acids is 1. The Morgan fingerprint density at radius 3 is 2.69 bits per heavy atom. The molecule has 5 heteroatoms. The summed E-state index contributed by atoms with van der Waals surface area (Å²) in [6, 6.07) is -0.108. The number of urea groups is 1. The Morgan fingerprint density at radius 1 is 1.50 bits per heavy atom. The third-order valence-corrected chi connectivity index (χ3v) is 3.62. The molecule has 16 heavy (non-hydrogen) atoms. The van der Waals surface area contributed by atoms with Crippen molar-refractivity contribution in [2.45, 2.75) is 19.8 Å². The molecule has 0 aromatic heterocycles. The first-order valence-electron chi connectivity index (χ1n) is 5.83. The fourth-order valence-corrected chi connectivity index (χ4v) is 2.16. The predicted octanol–water partition coefficient (Wildman–Crippen LogP) is 0.759. The van der Waals surface area contributed by atoms with Crippen LogP contribution in [-0.4, -0.2) is 41.6 Å². The van der Waals surface area contributed by atoms with E-state index in [1.807, 2.05) is 0 Å². The van der Waals surface area contributed by atoms with Crippen LogP contribution < -0.4 is 5.32 Å². The Balaban J connectivity index is 1.71. The van der Waals surface area contributed by atoms with Gasteiger partial charge in [-0.2, -0.15) is 0 Å². The highest BCUT2D eigenvalue weighted by molar-refractivity contribution is 5.77. The molecule has 1 aliphatic carbocycles. The lowest BCUT2D eigenvalue weighted by Gasteiger charge is -2.16. The maximum absolute atomic E-state index is 11.7. The van der Waals surface area contributed by atoms with E-state index in [1.165, 1.54) is 6.42 Å². The van der Waals surface area contributed by atoms with Gasteiger partial charge in [-0.25, -0.2) is 4.79 Å². The van der Waals surface area contributed by atoms with E-state index in [0.29, 0.717) is 25.4 Å². The lowest BCUT2D eigenvalue weighted by molar-refractivity contribution is -0.141. The van der Waals surface area contributed by atoms with Crippen LogP contribution in [0.25, 0.3) is 0 Å². The van der Waals surface area contributed by atoms with Crippen LogP contribution in [0.15, 0.2) is 0 Å². The summed E-state index contributed by atoms with van der Waals surface area (Å²) in [5.41, 5.74) is 0. The van der Waals surface area contributed by atoms with Crippen LogP contribution in [0.2, 0.25) is 0 Å². The Kier molecular flexibility index (Phi) is 3.03. The van der Waals surface area contributed by atoms with E-state index in [2.05, 4.69) is 12.2 Å². The molecule has 0 aromatic rings. The highest BCUT2D eigenvalue weighted by atomic mass is 16.4. The molecule has 90 valence electrons. The fraction of sp³-hybridized carbons (Fsp3) is 0.818. The maximum Gasteiger partial charge on any atom is 0.317 e. The number of likely N-dealkylation sites (tertiary alicyclic amines) is 1. The topological polar surface area (TPSA) is 69.6 Å². The highest BCUT2D eigenvalue weighted by Crippen LogP contribution is 2.36. The van der Waals surface area contributed by atoms with Gasteiger partial charge in [0, 0.05) is 19.6 Å². The van der Waals surface area contributed by atoms with Crippen LogP contribution in [-0.2, 0) is 4.79 Å². The first-order valence-corrected chi connectivity index (χ1v) is 5.83. The number of hydrogen-bond donors (Lipinski definition) is 2. The number of amides is 2. The minimum atomic E-state index is -0.800. The van der Waals surface area contributed by atoms with Crippen molar-refractivity contribution in [2.75, 3.05) is 19.6 Å². The number of hydrogen-bond acceptors (Lipinski definition) is 2. The second kappa shape index (κ2) is 4.31. The third kappa shape index (κ3) is 2.46. The van der Waals surface area contributed by atoms with E-state index < -0.39 is 5.97 Å². The quantitative estimate of drug-likeness (QED) is 0.746. The van der Waals surface area contributed by atoms with Crippen LogP contribution >= 0.6 is 0 Å². The van der Waals surface area contributed by atoms with Gasteiger partial charge >= 0.3 is 12.0 Å². The van der Waals surface area contributed by atoms with E-state index in [9.17, 15) is 9.59 Å². The molecule has 1 heterocycles. The molecular formula is C11H18N2O3. The van der Waals surface area contributed by atoms with Crippen molar-refractivity contribution >= 4 is 12.0 Å². The van der Waals surface area contributed by atoms with Crippen LogP contribution in [0.1, 0.15) is 19.8 Å². The van der Waals surface area contributed by atoms with E-state index in [-0.39, 0.29) is 11.9 Å². The Bertz CT molecular complexity index is 306. The smallest absolute Gasteiger partial charge is 0.317 e. The first kappa shape index (κ1) is 11.2. The summed E-state index contributed by atoms with van der Waals surface area (Å²) in [5, 5.41) is 11.7. The molecule has 1 saturated heterocycles. The van der Waals surface area contributed by atoms with Crippen molar-refractivity contribution in [3.05, 3.63) is 0 Å². The van der Waals surface area contributed by atoms with Gasteiger partial charge in [-0.3, -0.25) is 4.79 Å². The van der Waals surface area contributed by atoms with E-state index in [1.54, 1.807) is 4.90 Å². The van der Waals surface area contributed by atoms with Gasteiger partial charge in [-0.15, -0.1) is 0 Å². The summed E-state index contributed by atoms with van der Waals surface area (Å²) in [7, 11) is 0. The van der Waals surface area contributed by atoms with Gasteiger partial charge < -0.3 is 15.3 Å². The summed E-state index contributed by atoms with van der Waals surface area (Å²) < 4.78 is 0. The van der Waals surface area contributed by atoms with E-state index in [4.69, 9.17) is 5.11 Å². The lowest BCUT2D eigenvalue weighted by Crippen LogP contribution is -2.39. The van der Waals surface area contributed by atoms with Crippen molar-refractivity contribution in [1.82, 2.24) is 10.2 Å². The molecule has 2 fully saturated rings. The molecule has 2 rings (SSSR count). The normalized spacial score (nSPS) is 32.6. The van der Waals surface area contributed by atoms with Gasteiger partial charge in [0.05, 0.1) is 5.92 Å². The summed E-state index contributed by atoms with van der Waals surface area (Å²) in [5.74, 6) is 0.171. The SMILES string of the molecule is CC1CC1CNC(=O)N1CCC(C(=O)O)C1. The largest absolute Gasteiger partial charge is 0.481 e. The second-order valence-corrected chi connectivity index (χ2v) is 4.93. The first-order chi connectivity index (χ1) is 7.58. The molecule has 2 N–H and O–H groups in total. The summed E-state index contributed by atoms with van der Waals surface area (Å²) in [6.45, 7) is 3.81. The van der Waals surface area contributed by atoms with Crippen molar-refractivity contribution < 1.29 is 14.7 Å². The number of nitrogens with zero attached hydrogens (tertiary/aromatic N) is 1. The molecule has 2 aliphatic rings. The standard InChI is InChI=1S/C11H18N2O3/c1-7-4-9(7)5-12-11(16)13-3-2-8(6-13)10(14)15/h7-9H,2-6H2,1H3,(H,12,16)(H,14,15). The zero-order chi connectivity index (χ0) is 11.7. The van der Waals surface area contributed by atoms with Crippen molar-refractivity contribution in [2.24, 2.45) is 17.8 Å². The second-order valence-electron chi connectivity index (χ2n) is 4.93. The van der Waals surface area contributed by atoms with Gasteiger partial charge in [0.15, 0.2) is 0 Å². The molecule has 3 atom stereocenters. The molecule has 0 radical (unpaired) electrons. The van der Waals surface area contributed by atoms with Crippen LogP contribution in [0, 0.1) is 17.8 Å². The number of nitrogens with one attached hydrogen (secondary N) is 1. The molecule has 1 aliphatic heterocycles. The van der Waals surface area contributed by atoms with Crippen molar-refractivity contribution in [1.29, 1.82) is 0 Å². The van der Waals surface area contributed by atoms with Crippen LogP contribution in [0.3, 0.4) is 0 Å². The Hall–Kier alpha value is -1.26. The van der Waals surface area contributed by atoms with Crippen LogP contribution in [0.4, 0.5) is 4.79 Å². The Morgan fingerprint density at radius 2 is 2.19 bits per heavy atom. The van der Waals surface area contributed by atoms with E-state index >= 15 is 0 Å². The fourth-order valence-electron chi connectivity index (χ4n) is 2.16. The lowest BCUT2D eigenvalue weighted by atomic mass is 10.1. The molecule has 5 nitrogen and oxygen atoms in total. The number of rotatable bonds is 3. The molecule has 2 amide bonds. The monoisotopic (exact) mass is 226 g/mol. The zero-order valence-corrected chi connectivity index (χ0v) is 9.48. The average Bonchev–Trinajstić information content (AvgIpc) is 2.78. The number of carbonyl (C=O) groups excluding carboxylic acids is 1. The molecule has 3 unspecified atom stereocenters. The van der Waals surface area contributed by atoms with Gasteiger partial charge in [0.25, 0.3) is 0 Å². The zero-order valence-electron chi connectivity index (χ0n) is 9.48. The predicted molar refractivity (Wildman–Crippen MR) is 58.0 cm³/mol. The minimum absolute atomic E-state index is 0.108. The minimum Gasteiger partial charge on any atom is -0.481 e. The highest BCUT2D eigenvalue weighted by Gasteiger charge is 2.34. The summed E-state index contributed by atoms with van der Waals surface area (Å²) in [4.78, 5) is 24.0. The third-order valence-electron chi connectivity index (χ3n) is 3.62. The molecule has 1 saturated carbocycles. The molecule has 0 bridgehead atoms. The summed E-state index contributed by atoms with van der Waals surface area (Å²) in [6.07, 6.45) is 1.76. The van der Waals surface area contributed by atoms with Gasteiger partial charge in [0.1, 0.15) is 0 Å². The van der Waals surface area contributed by atoms with Gasteiger partial charge in [-0.05, 0) is 24.7 Å². The maximum atomic E-state index is 11.7. The number of carbonyl (C=O) groups is 2. The average molecular weight is 226 g/mol. The molecule has 0 aromatic carbocycles. The number of carboxylic acids is 1. The number of carboxylic acid groups (broad SMARTS) is 1. The van der Waals surface area contributed by atoms with Crippen LogP contribution in [0.5, 0.6) is 0 Å². The van der Waals surface area contributed by atoms with E-state index in [0.717, 1.165) is 12.5 Å². The van der Waals surface area contributed by atoms with Gasteiger partial charge in [0.2, 0.25) is 0 Å². The van der Waals surface area contributed by atoms with Crippen molar-refractivity contribution in [3.63, 3.8) is 0 Å². The van der Waals surface area contributed by atoms with Crippen molar-refractivity contribution in [3.8, 4) is 0 Å². The molecule has 0 spiro atoms. The summed E-state index contributed by atoms with van der Waals surface area (Å²) >= 11 is 0. The Labute approximate surface area is 94.8 Å². The van der Waals surface area contributed by atoms with Gasteiger partial charge in [-0.1, -0.05) is 6.92 Å². The molecular weight excluding hydrogens is 208 g/mol.